The molecule has 0 aliphatic heterocycles. The number of nitrogens with zero attached hydrogens (tertiary/aromatic N) is 1. The SMILES string of the molecule is CCc1cc(COCC23CC(N)(C2)C3)on1. The summed E-state index contributed by atoms with van der Waals surface area (Å²) in [5.74, 6) is 0.825. The van der Waals surface area contributed by atoms with Crippen LogP contribution in [0.5, 0.6) is 0 Å². The molecule has 0 atom stereocenters. The van der Waals surface area contributed by atoms with Gasteiger partial charge in [-0.05, 0) is 31.1 Å². The van der Waals surface area contributed by atoms with Crippen molar-refractivity contribution in [2.24, 2.45) is 11.1 Å². The van der Waals surface area contributed by atoms with Gasteiger partial charge in [0.1, 0.15) is 6.61 Å². The van der Waals surface area contributed by atoms with Crippen molar-refractivity contribution in [3.8, 4) is 0 Å². The van der Waals surface area contributed by atoms with Crippen molar-refractivity contribution in [3.05, 3.63) is 17.5 Å². The fraction of sp³-hybridized carbons (Fsp3) is 0.750. The van der Waals surface area contributed by atoms with Gasteiger partial charge < -0.3 is 15.0 Å². The third kappa shape index (κ3) is 1.57. The molecule has 0 radical (unpaired) electrons. The molecule has 1 heterocycles. The van der Waals surface area contributed by atoms with Gasteiger partial charge >= 0.3 is 0 Å². The van der Waals surface area contributed by atoms with E-state index in [4.69, 9.17) is 15.0 Å². The Morgan fingerprint density at radius 1 is 1.50 bits per heavy atom. The lowest BCUT2D eigenvalue weighted by atomic mass is 9.40. The van der Waals surface area contributed by atoms with Crippen LogP contribution in [-0.2, 0) is 17.8 Å². The minimum Gasteiger partial charge on any atom is -0.373 e. The molecule has 16 heavy (non-hydrogen) atoms. The molecular weight excluding hydrogens is 204 g/mol. The highest BCUT2D eigenvalue weighted by atomic mass is 16.5. The Kier molecular flexibility index (Phi) is 2.13. The van der Waals surface area contributed by atoms with Crippen LogP contribution in [0, 0.1) is 5.41 Å². The molecule has 88 valence electrons. The minimum absolute atomic E-state index is 0.172. The Hall–Kier alpha value is -0.870. The highest BCUT2D eigenvalue weighted by molar-refractivity contribution is 5.21. The monoisotopic (exact) mass is 222 g/mol. The zero-order valence-corrected chi connectivity index (χ0v) is 9.66. The van der Waals surface area contributed by atoms with Crippen molar-refractivity contribution in [3.63, 3.8) is 0 Å². The summed E-state index contributed by atoms with van der Waals surface area (Å²) < 4.78 is 10.8. The van der Waals surface area contributed by atoms with E-state index in [1.165, 1.54) is 0 Å². The predicted molar refractivity (Wildman–Crippen MR) is 58.7 cm³/mol. The number of rotatable bonds is 5. The molecular formula is C12H18N2O2. The Morgan fingerprint density at radius 2 is 2.25 bits per heavy atom. The van der Waals surface area contributed by atoms with E-state index in [0.29, 0.717) is 12.0 Å². The molecule has 4 heteroatoms. The fourth-order valence-electron chi connectivity index (χ4n) is 3.20. The maximum absolute atomic E-state index is 5.99. The van der Waals surface area contributed by atoms with E-state index in [-0.39, 0.29) is 5.54 Å². The van der Waals surface area contributed by atoms with Gasteiger partial charge in [0.05, 0.1) is 12.3 Å². The first-order valence-corrected chi connectivity index (χ1v) is 5.94. The van der Waals surface area contributed by atoms with Gasteiger partial charge in [-0.25, -0.2) is 0 Å². The number of nitrogens with two attached hydrogens (primary N) is 1. The first kappa shape index (κ1) is 10.3. The molecule has 3 aliphatic rings. The van der Waals surface area contributed by atoms with Crippen LogP contribution in [0.4, 0.5) is 0 Å². The molecule has 4 nitrogen and oxygen atoms in total. The van der Waals surface area contributed by atoms with Crippen molar-refractivity contribution < 1.29 is 9.26 Å². The topological polar surface area (TPSA) is 61.3 Å². The molecule has 0 aromatic carbocycles. The zero-order valence-electron chi connectivity index (χ0n) is 9.66. The van der Waals surface area contributed by atoms with Crippen LogP contribution in [0.25, 0.3) is 0 Å². The second-order valence-corrected chi connectivity index (χ2v) is 5.52. The molecule has 3 saturated carbocycles. The van der Waals surface area contributed by atoms with E-state index < -0.39 is 0 Å². The Bertz CT molecular complexity index is 380. The standard InChI is InChI=1S/C12H18N2O2/c1-2-9-3-10(16-14-9)4-15-8-11-5-12(13,6-11)7-11/h3H,2,4-8,13H2,1H3. The molecule has 4 rings (SSSR count). The van der Waals surface area contributed by atoms with Crippen LogP contribution in [0.2, 0.25) is 0 Å². The molecule has 0 spiro atoms. The zero-order chi connectivity index (χ0) is 11.2. The van der Waals surface area contributed by atoms with Crippen molar-refractivity contribution in [2.45, 2.75) is 44.8 Å². The third-order valence-electron chi connectivity index (χ3n) is 3.80. The Balaban J connectivity index is 1.44. The predicted octanol–water partition coefficient (Wildman–Crippen LogP) is 1.63. The van der Waals surface area contributed by atoms with Crippen molar-refractivity contribution >= 4 is 0 Å². The second kappa shape index (κ2) is 3.31. The van der Waals surface area contributed by atoms with Gasteiger partial charge in [0, 0.05) is 11.6 Å². The first-order valence-electron chi connectivity index (χ1n) is 5.94. The van der Waals surface area contributed by atoms with Gasteiger partial charge in [0.15, 0.2) is 5.76 Å². The van der Waals surface area contributed by atoms with Crippen LogP contribution >= 0.6 is 0 Å². The summed E-state index contributed by atoms with van der Waals surface area (Å²) in [5, 5.41) is 3.93. The van der Waals surface area contributed by atoms with E-state index in [9.17, 15) is 0 Å². The van der Waals surface area contributed by atoms with E-state index in [2.05, 4.69) is 12.1 Å². The van der Waals surface area contributed by atoms with Crippen molar-refractivity contribution in [1.82, 2.24) is 5.16 Å². The smallest absolute Gasteiger partial charge is 0.162 e. The molecule has 2 N–H and O–H groups in total. The summed E-state index contributed by atoms with van der Waals surface area (Å²) in [6.07, 6.45) is 4.31. The van der Waals surface area contributed by atoms with E-state index in [1.54, 1.807) is 0 Å². The average Bonchev–Trinajstić information content (AvgIpc) is 2.61. The molecule has 1 aromatic rings. The van der Waals surface area contributed by atoms with E-state index >= 15 is 0 Å². The van der Waals surface area contributed by atoms with Gasteiger partial charge in [-0.3, -0.25) is 0 Å². The summed E-state index contributed by atoms with van der Waals surface area (Å²) in [6, 6.07) is 1.96. The Morgan fingerprint density at radius 3 is 2.81 bits per heavy atom. The lowest BCUT2D eigenvalue weighted by molar-refractivity contribution is -0.175. The van der Waals surface area contributed by atoms with Crippen LogP contribution in [-0.4, -0.2) is 17.3 Å². The van der Waals surface area contributed by atoms with Crippen LogP contribution in [0.3, 0.4) is 0 Å². The molecule has 0 unspecified atom stereocenters. The largest absolute Gasteiger partial charge is 0.373 e. The Labute approximate surface area is 95.1 Å². The summed E-state index contributed by atoms with van der Waals surface area (Å²) in [6.45, 7) is 3.41. The van der Waals surface area contributed by atoms with Crippen molar-refractivity contribution in [2.75, 3.05) is 6.61 Å². The van der Waals surface area contributed by atoms with Gasteiger partial charge in [0.25, 0.3) is 0 Å². The number of aromatic nitrogens is 1. The molecule has 3 aliphatic carbocycles. The highest BCUT2D eigenvalue weighted by Gasteiger charge is 2.65. The molecule has 2 bridgehead atoms. The summed E-state index contributed by atoms with van der Waals surface area (Å²) in [7, 11) is 0. The van der Waals surface area contributed by atoms with Crippen LogP contribution in [0.1, 0.15) is 37.6 Å². The lowest BCUT2D eigenvalue weighted by Crippen LogP contribution is -2.73. The summed E-state index contributed by atoms with van der Waals surface area (Å²) >= 11 is 0. The van der Waals surface area contributed by atoms with Crippen molar-refractivity contribution in [1.29, 1.82) is 0 Å². The van der Waals surface area contributed by atoms with Gasteiger partial charge in [-0.15, -0.1) is 0 Å². The van der Waals surface area contributed by atoms with Crippen LogP contribution in [0.15, 0.2) is 10.6 Å². The summed E-state index contributed by atoms with van der Waals surface area (Å²) in [5.41, 5.74) is 7.56. The fourth-order valence-corrected chi connectivity index (χ4v) is 3.20. The number of hydrogen-bond acceptors (Lipinski definition) is 4. The van der Waals surface area contributed by atoms with Gasteiger partial charge in [0.2, 0.25) is 0 Å². The third-order valence-corrected chi connectivity index (χ3v) is 3.80. The summed E-state index contributed by atoms with van der Waals surface area (Å²) in [4.78, 5) is 0. The average molecular weight is 222 g/mol. The molecule has 3 fully saturated rings. The molecule has 1 aromatic heterocycles. The van der Waals surface area contributed by atoms with E-state index in [1.807, 2.05) is 6.07 Å². The second-order valence-electron chi connectivity index (χ2n) is 5.52. The number of ether oxygens (including phenoxy) is 1. The molecule has 0 amide bonds. The van der Waals surface area contributed by atoms with Gasteiger partial charge in [-0.1, -0.05) is 12.1 Å². The lowest BCUT2D eigenvalue weighted by Gasteiger charge is -2.68. The maximum atomic E-state index is 5.99. The highest BCUT2D eigenvalue weighted by Crippen LogP contribution is 2.65. The number of hydrogen-bond donors (Lipinski definition) is 1. The van der Waals surface area contributed by atoms with Crippen LogP contribution < -0.4 is 5.73 Å². The molecule has 0 saturated heterocycles. The minimum atomic E-state index is 0.172. The first-order chi connectivity index (χ1) is 7.63. The normalized spacial score (nSPS) is 35.6. The van der Waals surface area contributed by atoms with Gasteiger partial charge in [-0.2, -0.15) is 0 Å². The quantitative estimate of drug-likeness (QED) is 0.822. The van der Waals surface area contributed by atoms with E-state index in [0.717, 1.165) is 43.7 Å². The number of aryl methyl sites for hydroxylation is 1. The maximum Gasteiger partial charge on any atom is 0.162 e.